The minimum atomic E-state index is -0.683. The third-order valence-electron chi connectivity index (χ3n) is 15.2. The van der Waals surface area contributed by atoms with E-state index in [1.54, 1.807) is 0 Å². The summed E-state index contributed by atoms with van der Waals surface area (Å²) in [6.45, 7) is 0. The van der Waals surface area contributed by atoms with Crippen molar-refractivity contribution < 1.29 is 4.42 Å². The van der Waals surface area contributed by atoms with Gasteiger partial charge in [-0.05, 0) is 111 Å². The van der Waals surface area contributed by atoms with E-state index in [0.29, 0.717) is 0 Å². The Labute approximate surface area is 404 Å². The Morgan fingerprint density at radius 2 is 0.714 bits per heavy atom. The van der Waals surface area contributed by atoms with Crippen LogP contribution in [0, 0.1) is 0 Å². The molecule has 14 aromatic rings. The third-order valence-corrected chi connectivity index (χ3v) is 15.2. The van der Waals surface area contributed by atoms with Crippen LogP contribution in [0.1, 0.15) is 22.3 Å². The summed E-state index contributed by atoms with van der Waals surface area (Å²) >= 11 is 0. The van der Waals surface area contributed by atoms with Gasteiger partial charge in [-0.2, -0.15) is 0 Å². The average molecular weight is 891 g/mol. The summed E-state index contributed by atoms with van der Waals surface area (Å²) in [6, 6.07) is 93.5. The van der Waals surface area contributed by atoms with Crippen LogP contribution in [0.4, 0.5) is 0 Å². The van der Waals surface area contributed by atoms with Crippen molar-refractivity contribution >= 4 is 65.6 Å². The first-order chi connectivity index (χ1) is 34.8. The van der Waals surface area contributed by atoms with Crippen LogP contribution < -0.4 is 0 Å². The number of benzene rings is 11. The largest absolute Gasteiger partial charge is 0.455 e. The van der Waals surface area contributed by atoms with Crippen LogP contribution in [0.2, 0.25) is 0 Å². The molecule has 0 radical (unpaired) electrons. The predicted molar refractivity (Wildman–Crippen MR) is 291 cm³/mol. The zero-order valence-electron chi connectivity index (χ0n) is 38.1. The van der Waals surface area contributed by atoms with Gasteiger partial charge in [-0.1, -0.05) is 188 Å². The van der Waals surface area contributed by atoms with Crippen molar-refractivity contribution in [1.29, 1.82) is 0 Å². The average Bonchev–Trinajstić information content (AvgIpc) is 4.09. The number of para-hydroxylation sites is 4. The Kier molecular flexibility index (Phi) is 8.28. The molecular weight excluding hydrogens is 849 g/mol. The molecule has 0 N–H and O–H groups in total. The second-order valence-corrected chi connectivity index (χ2v) is 18.7. The van der Waals surface area contributed by atoms with Crippen LogP contribution in [0.15, 0.2) is 259 Å². The highest BCUT2D eigenvalue weighted by molar-refractivity contribution is 6.23. The van der Waals surface area contributed by atoms with Crippen molar-refractivity contribution in [3.8, 4) is 44.8 Å². The van der Waals surface area contributed by atoms with Crippen LogP contribution in [0.5, 0.6) is 0 Å². The van der Waals surface area contributed by atoms with E-state index in [2.05, 4.69) is 264 Å². The first-order valence-corrected chi connectivity index (χ1v) is 24.2. The molecule has 0 amide bonds. The Hall–Kier alpha value is -9.18. The lowest BCUT2D eigenvalue weighted by Crippen LogP contribution is -2.31. The molecule has 0 spiro atoms. The SMILES string of the molecule is c1ccc(-n2c3ccccc3c3cc(-c4ccc5c6c4oc4c(-c7ccc8c(c7)c7ccccc7n8-c7ccccc7)ccc(c46)C(c4ccccc4)(c4ccccc4)c4ccccc4-5)ccc32)cc1. The summed E-state index contributed by atoms with van der Waals surface area (Å²) in [6.07, 6.45) is 0. The lowest BCUT2D eigenvalue weighted by molar-refractivity contribution is 0.669. The molecular formula is C67H42N2O. The summed E-state index contributed by atoms with van der Waals surface area (Å²) < 4.78 is 12.5. The normalized spacial score (nSPS) is 13.0. The van der Waals surface area contributed by atoms with Crippen molar-refractivity contribution in [2.24, 2.45) is 0 Å². The molecule has 0 fully saturated rings. The van der Waals surface area contributed by atoms with Gasteiger partial charge in [0.15, 0.2) is 0 Å². The second-order valence-electron chi connectivity index (χ2n) is 18.7. The van der Waals surface area contributed by atoms with Gasteiger partial charge in [0.1, 0.15) is 11.2 Å². The van der Waals surface area contributed by atoms with E-state index in [0.717, 1.165) is 55.6 Å². The van der Waals surface area contributed by atoms with Gasteiger partial charge in [0, 0.05) is 54.8 Å². The van der Waals surface area contributed by atoms with Crippen molar-refractivity contribution in [2.75, 3.05) is 0 Å². The molecule has 0 saturated heterocycles. The van der Waals surface area contributed by atoms with Gasteiger partial charge in [0.05, 0.1) is 27.5 Å². The summed E-state index contributed by atoms with van der Waals surface area (Å²) in [4.78, 5) is 0. The smallest absolute Gasteiger partial charge is 0.143 e. The fourth-order valence-electron chi connectivity index (χ4n) is 12.3. The highest BCUT2D eigenvalue weighted by Gasteiger charge is 2.44. The van der Waals surface area contributed by atoms with E-state index < -0.39 is 5.41 Å². The summed E-state index contributed by atoms with van der Waals surface area (Å²) in [7, 11) is 0. The zero-order valence-corrected chi connectivity index (χ0v) is 38.1. The molecule has 0 saturated carbocycles. The van der Waals surface area contributed by atoms with E-state index in [9.17, 15) is 0 Å². The predicted octanol–water partition coefficient (Wildman–Crippen LogP) is 17.5. The van der Waals surface area contributed by atoms with Gasteiger partial charge in [-0.25, -0.2) is 0 Å². The quantitative estimate of drug-likeness (QED) is 0.163. The van der Waals surface area contributed by atoms with Crippen LogP contribution in [0.3, 0.4) is 0 Å². The van der Waals surface area contributed by atoms with Crippen molar-refractivity contribution in [3.05, 3.63) is 277 Å². The molecule has 70 heavy (non-hydrogen) atoms. The number of hydrogen-bond acceptors (Lipinski definition) is 1. The van der Waals surface area contributed by atoms with Gasteiger partial charge in [0.2, 0.25) is 0 Å². The van der Waals surface area contributed by atoms with Crippen molar-refractivity contribution in [2.45, 2.75) is 5.41 Å². The molecule has 0 atom stereocenters. The maximum atomic E-state index is 7.70. The first kappa shape index (κ1) is 38.9. The number of fused-ring (bicyclic) bond motifs is 8. The van der Waals surface area contributed by atoms with Crippen molar-refractivity contribution in [1.82, 2.24) is 9.13 Å². The Bertz CT molecular complexity index is 4350. The minimum Gasteiger partial charge on any atom is -0.455 e. The maximum Gasteiger partial charge on any atom is 0.143 e. The molecule has 1 aliphatic rings. The van der Waals surface area contributed by atoms with Gasteiger partial charge in [-0.15, -0.1) is 0 Å². The monoisotopic (exact) mass is 890 g/mol. The minimum absolute atomic E-state index is 0.683. The molecule has 0 unspecified atom stereocenters. The number of nitrogens with zero attached hydrogens (tertiary/aromatic N) is 2. The van der Waals surface area contributed by atoms with Gasteiger partial charge >= 0.3 is 0 Å². The summed E-state index contributed by atoms with van der Waals surface area (Å²) in [5.41, 5.74) is 19.7. The second kappa shape index (κ2) is 14.9. The third kappa shape index (κ3) is 5.34. The Morgan fingerprint density at radius 1 is 0.286 bits per heavy atom. The van der Waals surface area contributed by atoms with Crippen LogP contribution in [-0.2, 0) is 5.41 Å². The maximum absolute atomic E-state index is 7.70. The number of rotatable bonds is 6. The summed E-state index contributed by atoms with van der Waals surface area (Å²) in [5, 5.41) is 7.12. The fourth-order valence-corrected chi connectivity index (χ4v) is 12.3. The molecule has 1 aliphatic carbocycles. The molecule has 3 aromatic heterocycles. The van der Waals surface area contributed by atoms with Gasteiger partial charge in [0.25, 0.3) is 0 Å². The van der Waals surface area contributed by atoms with E-state index in [-0.39, 0.29) is 0 Å². The summed E-state index contributed by atoms with van der Waals surface area (Å²) in [5.74, 6) is 0. The molecule has 3 nitrogen and oxygen atoms in total. The lowest BCUT2D eigenvalue weighted by atomic mass is 9.63. The van der Waals surface area contributed by atoms with E-state index in [1.807, 2.05) is 0 Å². The number of hydrogen-bond donors (Lipinski definition) is 0. The topological polar surface area (TPSA) is 23.0 Å². The lowest BCUT2D eigenvalue weighted by Gasteiger charge is -2.37. The van der Waals surface area contributed by atoms with Crippen LogP contribution in [0.25, 0.3) is 110 Å². The molecule has 0 aliphatic heterocycles. The standard InChI is InChI=1S/C67H42N2O/c1-5-19-45(20-6-1)67(46-21-7-2-8-22-46)57-30-16-13-27-51(57)54-36-35-49(43-33-39-61-55(41-43)52-28-14-17-31-59(52)68(61)47-23-9-3-10-24-47)65-63(54)64-58(67)38-37-50(66(64)70-65)44-34-40-62-56(42-44)53-29-15-18-32-60(53)69(62)48-25-11-4-12-26-48/h1-42H. The number of aromatic nitrogens is 2. The van der Waals surface area contributed by atoms with Crippen LogP contribution in [-0.4, -0.2) is 9.13 Å². The highest BCUT2D eigenvalue weighted by atomic mass is 16.3. The molecule has 11 aromatic carbocycles. The van der Waals surface area contributed by atoms with E-state index >= 15 is 0 Å². The van der Waals surface area contributed by atoms with Gasteiger partial charge in [-0.3, -0.25) is 0 Å². The van der Waals surface area contributed by atoms with Crippen molar-refractivity contribution in [3.63, 3.8) is 0 Å². The van der Waals surface area contributed by atoms with Gasteiger partial charge < -0.3 is 13.6 Å². The zero-order chi connectivity index (χ0) is 45.9. The van der Waals surface area contributed by atoms with E-state index in [1.165, 1.54) is 77.0 Å². The molecule has 15 rings (SSSR count). The highest BCUT2D eigenvalue weighted by Crippen LogP contribution is 2.58. The number of furan rings is 1. The molecule has 326 valence electrons. The fraction of sp³-hybridized carbons (Fsp3) is 0.0149. The van der Waals surface area contributed by atoms with Crippen LogP contribution >= 0.6 is 0 Å². The van der Waals surface area contributed by atoms with E-state index in [4.69, 9.17) is 4.42 Å². The molecule has 3 heterocycles. The first-order valence-electron chi connectivity index (χ1n) is 24.2. The Balaban J connectivity index is 1.07. The molecule has 0 bridgehead atoms. The molecule has 3 heteroatoms. The Morgan fingerprint density at radius 3 is 1.27 bits per heavy atom.